The maximum Gasteiger partial charge on any atom is 0.161 e. The molecule has 1 unspecified atom stereocenters. The summed E-state index contributed by atoms with van der Waals surface area (Å²) in [6.07, 6.45) is 11.6. The Morgan fingerprint density at radius 2 is 1.44 bits per heavy atom. The number of rotatable bonds is 13. The van der Waals surface area contributed by atoms with E-state index in [0.717, 1.165) is 12.8 Å². The highest BCUT2D eigenvalue weighted by Crippen LogP contribution is 2.11. The standard InChI is InChI=1S/C16H32O2/c1-4-7-8-9-10-11-12-13-14-15(17)16(5-2)18-6-3/h16H,4-14H2,1-3H3. The minimum Gasteiger partial charge on any atom is -0.371 e. The molecule has 0 heterocycles. The second kappa shape index (κ2) is 13.1. The van der Waals surface area contributed by atoms with E-state index in [-0.39, 0.29) is 6.10 Å². The summed E-state index contributed by atoms with van der Waals surface area (Å²) in [5.41, 5.74) is 0. The number of Topliss-reactive ketones (excluding diaryl/α,β-unsaturated/α-hetero) is 1. The number of hydrogen-bond acceptors (Lipinski definition) is 2. The van der Waals surface area contributed by atoms with E-state index in [9.17, 15) is 4.79 Å². The molecule has 0 N–H and O–H groups in total. The molecule has 0 aliphatic carbocycles. The monoisotopic (exact) mass is 256 g/mol. The van der Waals surface area contributed by atoms with Crippen molar-refractivity contribution in [2.24, 2.45) is 0 Å². The van der Waals surface area contributed by atoms with Crippen LogP contribution in [0.5, 0.6) is 0 Å². The molecule has 0 aromatic heterocycles. The van der Waals surface area contributed by atoms with Crippen LogP contribution in [0.3, 0.4) is 0 Å². The third-order valence-electron chi connectivity index (χ3n) is 3.37. The van der Waals surface area contributed by atoms with E-state index in [0.29, 0.717) is 18.8 Å². The molecule has 0 aromatic carbocycles. The van der Waals surface area contributed by atoms with Crippen molar-refractivity contribution in [3.63, 3.8) is 0 Å². The lowest BCUT2D eigenvalue weighted by Crippen LogP contribution is -2.23. The fourth-order valence-electron chi connectivity index (χ4n) is 2.23. The van der Waals surface area contributed by atoms with Gasteiger partial charge in [-0.05, 0) is 19.8 Å². The Balaban J connectivity index is 3.39. The first-order valence-electron chi connectivity index (χ1n) is 7.90. The first-order valence-corrected chi connectivity index (χ1v) is 7.90. The summed E-state index contributed by atoms with van der Waals surface area (Å²) in [5, 5.41) is 0. The highest BCUT2D eigenvalue weighted by Gasteiger charge is 2.15. The zero-order chi connectivity index (χ0) is 13.6. The number of unbranched alkanes of at least 4 members (excludes halogenated alkanes) is 7. The molecule has 0 aliphatic rings. The van der Waals surface area contributed by atoms with Gasteiger partial charge in [-0.25, -0.2) is 0 Å². The Morgan fingerprint density at radius 1 is 0.889 bits per heavy atom. The molecule has 0 aromatic rings. The number of hydrogen-bond donors (Lipinski definition) is 0. The van der Waals surface area contributed by atoms with Gasteiger partial charge in [0, 0.05) is 13.0 Å². The lowest BCUT2D eigenvalue weighted by molar-refractivity contribution is -0.130. The van der Waals surface area contributed by atoms with Crippen LogP contribution in [0.1, 0.15) is 85.0 Å². The maximum absolute atomic E-state index is 11.8. The lowest BCUT2D eigenvalue weighted by Gasteiger charge is -2.13. The molecular formula is C16H32O2. The molecule has 0 saturated carbocycles. The maximum atomic E-state index is 11.8. The Labute approximate surface area is 113 Å². The topological polar surface area (TPSA) is 26.3 Å². The van der Waals surface area contributed by atoms with Crippen molar-refractivity contribution in [3.8, 4) is 0 Å². The quantitative estimate of drug-likeness (QED) is 0.438. The van der Waals surface area contributed by atoms with Crippen molar-refractivity contribution >= 4 is 5.78 Å². The molecule has 18 heavy (non-hydrogen) atoms. The van der Waals surface area contributed by atoms with Crippen LogP contribution < -0.4 is 0 Å². The van der Waals surface area contributed by atoms with Gasteiger partial charge >= 0.3 is 0 Å². The molecule has 2 heteroatoms. The van der Waals surface area contributed by atoms with Crippen LogP contribution in [0.15, 0.2) is 0 Å². The number of carbonyl (C=O) groups excluding carboxylic acids is 1. The Bertz CT molecular complexity index is 190. The van der Waals surface area contributed by atoms with Crippen LogP contribution in [0, 0.1) is 0 Å². The molecule has 0 saturated heterocycles. The SMILES string of the molecule is CCCCCCCCCCC(=O)C(CC)OCC. The van der Waals surface area contributed by atoms with Crippen molar-refractivity contribution in [2.75, 3.05) is 6.61 Å². The van der Waals surface area contributed by atoms with Gasteiger partial charge in [-0.2, -0.15) is 0 Å². The molecular weight excluding hydrogens is 224 g/mol. The van der Waals surface area contributed by atoms with E-state index < -0.39 is 0 Å². The second-order valence-electron chi connectivity index (χ2n) is 5.04. The average Bonchev–Trinajstić information content (AvgIpc) is 2.38. The van der Waals surface area contributed by atoms with E-state index in [2.05, 4.69) is 6.92 Å². The van der Waals surface area contributed by atoms with E-state index >= 15 is 0 Å². The van der Waals surface area contributed by atoms with Crippen LogP contribution in [0.2, 0.25) is 0 Å². The highest BCUT2D eigenvalue weighted by atomic mass is 16.5. The van der Waals surface area contributed by atoms with Crippen molar-refractivity contribution in [1.29, 1.82) is 0 Å². The van der Waals surface area contributed by atoms with Crippen molar-refractivity contribution in [1.82, 2.24) is 0 Å². The van der Waals surface area contributed by atoms with E-state index in [1.807, 2.05) is 13.8 Å². The minimum atomic E-state index is -0.153. The predicted molar refractivity (Wildman–Crippen MR) is 77.9 cm³/mol. The van der Waals surface area contributed by atoms with Gasteiger partial charge in [0.2, 0.25) is 0 Å². The summed E-state index contributed by atoms with van der Waals surface area (Å²) in [5.74, 6) is 0.297. The Morgan fingerprint density at radius 3 is 1.94 bits per heavy atom. The smallest absolute Gasteiger partial charge is 0.161 e. The van der Waals surface area contributed by atoms with Crippen LogP contribution >= 0.6 is 0 Å². The highest BCUT2D eigenvalue weighted by molar-refractivity contribution is 5.82. The van der Waals surface area contributed by atoms with Crippen LogP contribution in [0.25, 0.3) is 0 Å². The normalized spacial score (nSPS) is 12.6. The molecule has 1 atom stereocenters. The first-order chi connectivity index (χ1) is 8.76. The average molecular weight is 256 g/mol. The molecule has 108 valence electrons. The molecule has 0 spiro atoms. The zero-order valence-corrected chi connectivity index (χ0v) is 12.7. The summed E-state index contributed by atoms with van der Waals surface area (Å²) in [6, 6.07) is 0. The Hall–Kier alpha value is -0.370. The molecule has 0 rings (SSSR count). The largest absolute Gasteiger partial charge is 0.371 e. The van der Waals surface area contributed by atoms with Gasteiger partial charge in [0.05, 0.1) is 0 Å². The zero-order valence-electron chi connectivity index (χ0n) is 12.7. The van der Waals surface area contributed by atoms with Gasteiger partial charge < -0.3 is 4.74 Å². The summed E-state index contributed by atoms with van der Waals surface area (Å²) in [4.78, 5) is 11.8. The van der Waals surface area contributed by atoms with Gasteiger partial charge in [-0.15, -0.1) is 0 Å². The van der Waals surface area contributed by atoms with Crippen LogP contribution in [-0.2, 0) is 9.53 Å². The van der Waals surface area contributed by atoms with Gasteiger partial charge in [0.25, 0.3) is 0 Å². The van der Waals surface area contributed by atoms with Gasteiger partial charge in [0.1, 0.15) is 6.10 Å². The summed E-state index contributed by atoms with van der Waals surface area (Å²) < 4.78 is 5.43. The fraction of sp³-hybridized carbons (Fsp3) is 0.938. The molecule has 0 amide bonds. The van der Waals surface area contributed by atoms with Crippen LogP contribution in [0.4, 0.5) is 0 Å². The summed E-state index contributed by atoms with van der Waals surface area (Å²) in [7, 11) is 0. The second-order valence-corrected chi connectivity index (χ2v) is 5.04. The van der Waals surface area contributed by atoms with Crippen LogP contribution in [-0.4, -0.2) is 18.5 Å². The van der Waals surface area contributed by atoms with Crippen molar-refractivity contribution in [2.45, 2.75) is 91.1 Å². The summed E-state index contributed by atoms with van der Waals surface area (Å²) >= 11 is 0. The van der Waals surface area contributed by atoms with E-state index in [1.165, 1.54) is 44.9 Å². The molecule has 0 radical (unpaired) electrons. The lowest BCUT2D eigenvalue weighted by atomic mass is 10.0. The Kier molecular flexibility index (Phi) is 12.8. The van der Waals surface area contributed by atoms with Gasteiger partial charge in [-0.1, -0.05) is 58.8 Å². The molecule has 0 aliphatic heterocycles. The molecule has 0 bridgehead atoms. The minimum absolute atomic E-state index is 0.153. The number of ketones is 1. The third kappa shape index (κ3) is 9.64. The van der Waals surface area contributed by atoms with Crippen molar-refractivity contribution in [3.05, 3.63) is 0 Å². The van der Waals surface area contributed by atoms with Gasteiger partial charge in [0.15, 0.2) is 5.78 Å². The molecule has 2 nitrogen and oxygen atoms in total. The predicted octanol–water partition coefficient (Wildman–Crippen LogP) is 4.90. The van der Waals surface area contributed by atoms with E-state index in [1.54, 1.807) is 0 Å². The summed E-state index contributed by atoms with van der Waals surface area (Å²) in [6.45, 7) is 6.86. The third-order valence-corrected chi connectivity index (χ3v) is 3.37. The van der Waals surface area contributed by atoms with Gasteiger partial charge in [-0.3, -0.25) is 4.79 Å². The van der Waals surface area contributed by atoms with Crippen molar-refractivity contribution < 1.29 is 9.53 Å². The first kappa shape index (κ1) is 17.6. The molecule has 0 fully saturated rings. The van der Waals surface area contributed by atoms with E-state index in [4.69, 9.17) is 4.74 Å². The number of carbonyl (C=O) groups is 1. The fourth-order valence-corrected chi connectivity index (χ4v) is 2.23. The number of ether oxygens (including phenoxy) is 1.